The highest BCUT2D eigenvalue weighted by molar-refractivity contribution is 6.45. The summed E-state index contributed by atoms with van der Waals surface area (Å²) in [6, 6.07) is 11.4. The number of hydrogen-bond acceptors (Lipinski definition) is 3. The predicted octanol–water partition coefficient (Wildman–Crippen LogP) is 5.32. The lowest BCUT2D eigenvalue weighted by Gasteiger charge is -2.22. The summed E-state index contributed by atoms with van der Waals surface area (Å²) in [5.74, 6) is -0.434. The summed E-state index contributed by atoms with van der Waals surface area (Å²) in [6.07, 6.45) is 1.75. The molecule has 0 aliphatic heterocycles. The van der Waals surface area contributed by atoms with Gasteiger partial charge in [0, 0.05) is 12.0 Å². The Balaban J connectivity index is 1.82. The summed E-state index contributed by atoms with van der Waals surface area (Å²) >= 11 is 12.8. The van der Waals surface area contributed by atoms with Crippen LogP contribution in [-0.2, 0) is 16.6 Å². The Morgan fingerprint density at radius 1 is 1.19 bits per heavy atom. The molecule has 27 heavy (non-hydrogen) atoms. The third-order valence-electron chi connectivity index (χ3n) is 4.98. The van der Waals surface area contributed by atoms with Crippen molar-refractivity contribution in [2.24, 2.45) is 0 Å². The number of carbonyl (C=O) groups is 2. The van der Waals surface area contributed by atoms with Crippen molar-refractivity contribution in [1.82, 2.24) is 0 Å². The number of fused-ring (bicyclic) bond motifs is 1. The zero-order valence-corrected chi connectivity index (χ0v) is 16.4. The molecule has 0 fully saturated rings. The molecule has 0 saturated heterocycles. The van der Waals surface area contributed by atoms with E-state index >= 15 is 0 Å². The van der Waals surface area contributed by atoms with Gasteiger partial charge < -0.3 is 9.84 Å². The maximum Gasteiger partial charge on any atom is 0.303 e. The van der Waals surface area contributed by atoms with Crippen LogP contribution in [0, 0.1) is 0 Å². The first-order valence-electron chi connectivity index (χ1n) is 8.80. The number of benzene rings is 2. The van der Waals surface area contributed by atoms with Crippen LogP contribution in [-0.4, -0.2) is 23.5 Å². The number of unbranched alkanes of at least 4 members (excludes halogenated alkanes) is 1. The number of Topliss-reactive ketones (excluding diaryl/α,β-unsaturated/α-hetero) is 1. The minimum atomic E-state index is -0.827. The zero-order chi connectivity index (χ0) is 19.6. The molecule has 2 aromatic rings. The second-order valence-corrected chi connectivity index (χ2v) is 7.70. The van der Waals surface area contributed by atoms with Crippen LogP contribution in [0.4, 0.5) is 0 Å². The van der Waals surface area contributed by atoms with Crippen LogP contribution in [0.1, 0.15) is 47.7 Å². The number of ether oxygens (including phenoxy) is 1. The van der Waals surface area contributed by atoms with E-state index in [2.05, 4.69) is 0 Å². The van der Waals surface area contributed by atoms with Crippen molar-refractivity contribution in [1.29, 1.82) is 0 Å². The van der Waals surface area contributed by atoms with E-state index in [1.165, 1.54) is 0 Å². The number of hydrogen-bond donors (Lipinski definition) is 1. The molecular weight excluding hydrogens is 387 g/mol. The van der Waals surface area contributed by atoms with E-state index in [0.29, 0.717) is 37.2 Å². The van der Waals surface area contributed by atoms with Gasteiger partial charge in [-0.2, -0.15) is 0 Å². The van der Waals surface area contributed by atoms with Crippen LogP contribution in [0.2, 0.25) is 10.0 Å². The first-order valence-corrected chi connectivity index (χ1v) is 9.56. The standard InChI is InChI=1S/C21H20Cl2O4/c1-21(14-7-3-2-4-8-14)12-13-11-15(27-10-6-5-9-16(24)25)18(22)19(23)17(13)20(21)26/h2-4,7-8,11H,5-6,9-10,12H2,1H3,(H,24,25). The van der Waals surface area contributed by atoms with Gasteiger partial charge in [0.15, 0.2) is 5.78 Å². The fourth-order valence-corrected chi connectivity index (χ4v) is 3.98. The van der Waals surface area contributed by atoms with Crippen LogP contribution in [0.25, 0.3) is 0 Å². The Bertz CT molecular complexity index is 879. The van der Waals surface area contributed by atoms with Gasteiger partial charge in [-0.25, -0.2) is 0 Å². The fourth-order valence-electron chi connectivity index (χ4n) is 3.48. The average Bonchev–Trinajstić information content (AvgIpc) is 2.91. The summed E-state index contributed by atoms with van der Waals surface area (Å²) in [5, 5.41) is 9.12. The first-order chi connectivity index (χ1) is 12.8. The number of rotatable bonds is 7. The lowest BCUT2D eigenvalue weighted by Crippen LogP contribution is -2.29. The van der Waals surface area contributed by atoms with E-state index in [4.69, 9.17) is 33.0 Å². The molecule has 1 aliphatic rings. The highest BCUT2D eigenvalue weighted by atomic mass is 35.5. The molecule has 2 aromatic carbocycles. The van der Waals surface area contributed by atoms with Gasteiger partial charge in [-0.3, -0.25) is 9.59 Å². The molecule has 0 bridgehead atoms. The predicted molar refractivity (Wildman–Crippen MR) is 105 cm³/mol. The molecule has 1 aliphatic carbocycles. The van der Waals surface area contributed by atoms with Crippen molar-refractivity contribution in [3.8, 4) is 5.75 Å². The number of aliphatic carboxylic acids is 1. The molecule has 3 rings (SSSR count). The Morgan fingerprint density at radius 2 is 1.89 bits per heavy atom. The molecule has 0 saturated carbocycles. The van der Waals surface area contributed by atoms with E-state index in [-0.39, 0.29) is 22.2 Å². The molecule has 1 N–H and O–H groups in total. The van der Waals surface area contributed by atoms with Gasteiger partial charge in [0.05, 0.1) is 17.0 Å². The summed E-state index contributed by atoms with van der Waals surface area (Å²) in [4.78, 5) is 23.7. The Hall–Kier alpha value is -2.04. The molecule has 1 atom stereocenters. The van der Waals surface area contributed by atoms with Gasteiger partial charge in [0.25, 0.3) is 0 Å². The van der Waals surface area contributed by atoms with Gasteiger partial charge in [0.2, 0.25) is 0 Å². The quantitative estimate of drug-likeness (QED) is 0.631. The molecule has 0 spiro atoms. The van der Waals surface area contributed by atoms with Crippen molar-refractivity contribution >= 4 is 35.0 Å². The summed E-state index contributed by atoms with van der Waals surface area (Å²) in [7, 11) is 0. The number of carbonyl (C=O) groups excluding carboxylic acids is 1. The lowest BCUT2D eigenvalue weighted by atomic mass is 9.79. The average molecular weight is 407 g/mol. The first kappa shape index (κ1) is 19.7. The Morgan fingerprint density at radius 3 is 2.56 bits per heavy atom. The van der Waals surface area contributed by atoms with E-state index in [9.17, 15) is 9.59 Å². The largest absolute Gasteiger partial charge is 0.492 e. The number of carboxylic acid groups (broad SMARTS) is 1. The number of halogens is 2. The molecule has 0 amide bonds. The third kappa shape index (κ3) is 3.83. The Labute approximate surface area is 168 Å². The smallest absolute Gasteiger partial charge is 0.303 e. The molecule has 0 radical (unpaired) electrons. The molecule has 4 nitrogen and oxygen atoms in total. The highest BCUT2D eigenvalue weighted by Gasteiger charge is 2.45. The highest BCUT2D eigenvalue weighted by Crippen LogP contribution is 2.47. The van der Waals surface area contributed by atoms with Crippen LogP contribution in [0.3, 0.4) is 0 Å². The number of carboxylic acids is 1. The lowest BCUT2D eigenvalue weighted by molar-refractivity contribution is -0.137. The minimum Gasteiger partial charge on any atom is -0.492 e. The maximum atomic E-state index is 13.1. The van der Waals surface area contributed by atoms with Crippen LogP contribution >= 0.6 is 23.2 Å². The van der Waals surface area contributed by atoms with Gasteiger partial charge in [-0.15, -0.1) is 0 Å². The van der Waals surface area contributed by atoms with Gasteiger partial charge in [-0.1, -0.05) is 53.5 Å². The third-order valence-corrected chi connectivity index (χ3v) is 5.83. The SMILES string of the molecule is CC1(c2ccccc2)Cc2cc(OCCCCC(=O)O)c(Cl)c(Cl)c2C1=O. The molecule has 0 heterocycles. The summed E-state index contributed by atoms with van der Waals surface area (Å²) < 4.78 is 5.71. The summed E-state index contributed by atoms with van der Waals surface area (Å²) in [5.41, 5.74) is 1.54. The molecule has 0 aromatic heterocycles. The number of ketones is 1. The monoisotopic (exact) mass is 406 g/mol. The van der Waals surface area contributed by atoms with Crippen LogP contribution in [0.5, 0.6) is 5.75 Å². The minimum absolute atomic E-state index is 0.0383. The van der Waals surface area contributed by atoms with Crippen LogP contribution in [0.15, 0.2) is 36.4 Å². The topological polar surface area (TPSA) is 63.6 Å². The van der Waals surface area contributed by atoms with Crippen molar-refractivity contribution in [3.05, 3.63) is 63.1 Å². The van der Waals surface area contributed by atoms with Gasteiger partial charge in [0.1, 0.15) is 10.8 Å². The van der Waals surface area contributed by atoms with E-state index in [0.717, 1.165) is 11.1 Å². The molecule has 1 unspecified atom stereocenters. The van der Waals surface area contributed by atoms with Crippen molar-refractivity contribution in [2.75, 3.05) is 6.61 Å². The van der Waals surface area contributed by atoms with E-state index < -0.39 is 11.4 Å². The van der Waals surface area contributed by atoms with Crippen molar-refractivity contribution in [3.63, 3.8) is 0 Å². The Kier molecular flexibility index (Phi) is 5.78. The second kappa shape index (κ2) is 7.91. The van der Waals surface area contributed by atoms with E-state index in [1.54, 1.807) is 6.07 Å². The van der Waals surface area contributed by atoms with Gasteiger partial charge >= 0.3 is 5.97 Å². The maximum absolute atomic E-state index is 13.1. The fraction of sp³-hybridized carbons (Fsp3) is 0.333. The van der Waals surface area contributed by atoms with E-state index in [1.807, 2.05) is 37.3 Å². The summed E-state index contributed by atoms with van der Waals surface area (Å²) in [6.45, 7) is 2.26. The molecule has 6 heteroatoms. The van der Waals surface area contributed by atoms with Crippen molar-refractivity contribution in [2.45, 2.75) is 38.0 Å². The van der Waals surface area contributed by atoms with Crippen LogP contribution < -0.4 is 4.74 Å². The zero-order valence-electron chi connectivity index (χ0n) is 14.9. The normalized spacial score (nSPS) is 18.4. The molecule has 142 valence electrons. The second-order valence-electron chi connectivity index (χ2n) is 6.94. The van der Waals surface area contributed by atoms with Gasteiger partial charge in [-0.05, 0) is 43.4 Å². The molecular formula is C21H20Cl2O4. The van der Waals surface area contributed by atoms with Crippen molar-refractivity contribution < 1.29 is 19.4 Å².